The van der Waals surface area contributed by atoms with E-state index in [1.54, 1.807) is 17.0 Å². The van der Waals surface area contributed by atoms with Gasteiger partial charge in [0.05, 0.1) is 13.2 Å². The van der Waals surface area contributed by atoms with Gasteiger partial charge in [0.2, 0.25) is 11.8 Å². The van der Waals surface area contributed by atoms with Gasteiger partial charge in [-0.3, -0.25) is 0 Å². The third-order valence-corrected chi connectivity index (χ3v) is 3.78. The minimum Gasteiger partial charge on any atom is -0.444 e. The first kappa shape index (κ1) is 19.0. The summed E-state index contributed by atoms with van der Waals surface area (Å²) in [5.74, 6) is 0.0360. The second-order valence-electron chi connectivity index (χ2n) is 7.15. The van der Waals surface area contributed by atoms with Crippen LogP contribution in [-0.2, 0) is 9.47 Å². The lowest BCUT2D eigenvalue weighted by atomic mass is 10.1. The van der Waals surface area contributed by atoms with Crippen LogP contribution in [0.2, 0.25) is 0 Å². The summed E-state index contributed by atoms with van der Waals surface area (Å²) in [6.07, 6.45) is -0.654. The molecular weight excluding hydrogens is 353 g/mol. The molecule has 2 heterocycles. The Bertz CT molecular complexity index is 792. The molecule has 1 fully saturated rings. The zero-order valence-electron chi connectivity index (χ0n) is 15.5. The van der Waals surface area contributed by atoms with Crippen molar-refractivity contribution in [1.82, 2.24) is 15.1 Å². The molecule has 0 aliphatic carbocycles. The first-order valence-corrected chi connectivity index (χ1v) is 8.67. The number of carbonyl (C=O) groups is 1. The van der Waals surface area contributed by atoms with Crippen LogP contribution < -0.4 is 4.74 Å². The third kappa shape index (κ3) is 5.37. The normalized spacial score (nSPS) is 17.5. The summed E-state index contributed by atoms with van der Waals surface area (Å²) in [6.45, 7) is 6.78. The fourth-order valence-electron chi connectivity index (χ4n) is 2.60. The highest BCUT2D eigenvalue weighted by Crippen LogP contribution is 2.28. The smallest absolute Gasteiger partial charge is 0.410 e. The van der Waals surface area contributed by atoms with Crippen molar-refractivity contribution in [2.45, 2.75) is 32.5 Å². The van der Waals surface area contributed by atoms with Gasteiger partial charge in [-0.15, -0.1) is 10.2 Å². The van der Waals surface area contributed by atoms with E-state index in [-0.39, 0.29) is 18.1 Å². The van der Waals surface area contributed by atoms with Crippen LogP contribution in [0.5, 0.6) is 11.6 Å². The number of aromatic nitrogens is 2. The number of halogens is 1. The van der Waals surface area contributed by atoms with Crippen molar-refractivity contribution >= 4 is 6.09 Å². The molecule has 1 saturated heterocycles. The van der Waals surface area contributed by atoms with Gasteiger partial charge in [0.25, 0.3) is 0 Å². The fraction of sp³-hybridized carbons (Fsp3) is 0.421. The van der Waals surface area contributed by atoms with Crippen molar-refractivity contribution < 1.29 is 23.4 Å². The average Bonchev–Trinajstić information content (AvgIpc) is 2.63. The summed E-state index contributed by atoms with van der Waals surface area (Å²) in [5.41, 5.74) is 0.310. The maximum atomic E-state index is 12.8. The van der Waals surface area contributed by atoms with Crippen molar-refractivity contribution in [3.8, 4) is 11.6 Å². The third-order valence-electron chi connectivity index (χ3n) is 3.78. The van der Waals surface area contributed by atoms with Crippen LogP contribution in [0.1, 0.15) is 32.4 Å². The Morgan fingerprint density at radius 2 is 2.07 bits per heavy atom. The summed E-state index contributed by atoms with van der Waals surface area (Å²) in [5, 5.41) is 6.96. The van der Waals surface area contributed by atoms with Crippen LogP contribution in [0.4, 0.5) is 9.18 Å². The molecule has 2 aromatic rings. The van der Waals surface area contributed by atoms with E-state index in [2.05, 4.69) is 10.2 Å². The molecular formula is C19H22FN3O4. The lowest BCUT2D eigenvalue weighted by Crippen LogP contribution is -2.44. The number of hydrogen-bond donors (Lipinski definition) is 0. The van der Waals surface area contributed by atoms with Crippen LogP contribution in [0, 0.1) is 5.95 Å². The highest BCUT2D eigenvalue weighted by molar-refractivity contribution is 5.68. The Hall–Kier alpha value is -2.74. The molecule has 0 bridgehead atoms. The molecule has 144 valence electrons. The van der Waals surface area contributed by atoms with E-state index >= 15 is 0 Å². The van der Waals surface area contributed by atoms with Gasteiger partial charge < -0.3 is 19.1 Å². The molecule has 1 aliphatic rings. The Labute approximate surface area is 157 Å². The van der Waals surface area contributed by atoms with Gasteiger partial charge in [0, 0.05) is 18.7 Å². The van der Waals surface area contributed by atoms with E-state index in [1.807, 2.05) is 32.9 Å². The standard InChI is InChI=1S/C19H22FN3O4/c1-19(2,3)27-18(24)23-9-10-25-15(12-23)13-5-4-6-14(11-13)26-17-8-7-16(20)21-22-17/h4-8,11,15H,9-10,12H2,1-3H3/t15-/m0/s1. The Kier molecular flexibility index (Phi) is 5.55. The molecule has 0 radical (unpaired) electrons. The molecule has 1 aliphatic heterocycles. The van der Waals surface area contributed by atoms with Crippen molar-refractivity contribution in [3.05, 3.63) is 47.9 Å². The topological polar surface area (TPSA) is 73.8 Å². The molecule has 7 nitrogen and oxygen atoms in total. The number of benzene rings is 1. The van der Waals surface area contributed by atoms with Crippen molar-refractivity contribution in [2.24, 2.45) is 0 Å². The minimum atomic E-state index is -0.672. The highest BCUT2D eigenvalue weighted by atomic mass is 19.1. The van der Waals surface area contributed by atoms with E-state index in [1.165, 1.54) is 12.1 Å². The van der Waals surface area contributed by atoms with Gasteiger partial charge in [-0.2, -0.15) is 4.39 Å². The molecule has 8 heteroatoms. The maximum Gasteiger partial charge on any atom is 0.410 e. The Morgan fingerprint density at radius 3 is 2.78 bits per heavy atom. The van der Waals surface area contributed by atoms with Gasteiger partial charge in [-0.1, -0.05) is 12.1 Å². The monoisotopic (exact) mass is 375 g/mol. The Morgan fingerprint density at radius 1 is 1.26 bits per heavy atom. The largest absolute Gasteiger partial charge is 0.444 e. The van der Waals surface area contributed by atoms with Gasteiger partial charge in [-0.05, 0) is 38.5 Å². The van der Waals surface area contributed by atoms with E-state index in [0.29, 0.717) is 25.4 Å². The predicted molar refractivity (Wildman–Crippen MR) is 95.0 cm³/mol. The van der Waals surface area contributed by atoms with E-state index in [0.717, 1.165) is 5.56 Å². The molecule has 1 amide bonds. The second kappa shape index (κ2) is 7.87. The average molecular weight is 375 g/mol. The molecule has 1 aromatic heterocycles. The van der Waals surface area contributed by atoms with Crippen molar-refractivity contribution in [3.63, 3.8) is 0 Å². The molecule has 27 heavy (non-hydrogen) atoms. The van der Waals surface area contributed by atoms with Crippen LogP contribution in [0.25, 0.3) is 0 Å². The van der Waals surface area contributed by atoms with Gasteiger partial charge in [0.1, 0.15) is 17.5 Å². The number of morpholine rings is 1. The zero-order valence-corrected chi connectivity index (χ0v) is 15.5. The Balaban J connectivity index is 1.68. The summed E-state index contributed by atoms with van der Waals surface area (Å²) in [6, 6.07) is 9.84. The number of amides is 1. The SMILES string of the molecule is CC(C)(C)OC(=O)N1CCO[C@H](c2cccc(Oc3ccc(F)nn3)c2)C1. The van der Waals surface area contributed by atoms with E-state index < -0.39 is 11.5 Å². The van der Waals surface area contributed by atoms with Crippen molar-refractivity contribution in [1.29, 1.82) is 0 Å². The lowest BCUT2D eigenvalue weighted by molar-refractivity contribution is -0.0433. The molecule has 0 N–H and O–H groups in total. The summed E-state index contributed by atoms with van der Waals surface area (Å²) < 4.78 is 29.7. The van der Waals surface area contributed by atoms with Gasteiger partial charge in [0.15, 0.2) is 0 Å². The number of nitrogens with zero attached hydrogens (tertiary/aromatic N) is 3. The van der Waals surface area contributed by atoms with Gasteiger partial charge in [-0.25, -0.2) is 4.79 Å². The minimum absolute atomic E-state index is 0.188. The number of hydrogen-bond acceptors (Lipinski definition) is 6. The molecule has 1 aromatic carbocycles. The fourth-order valence-corrected chi connectivity index (χ4v) is 2.60. The van der Waals surface area contributed by atoms with E-state index in [9.17, 15) is 9.18 Å². The number of rotatable bonds is 3. The molecule has 0 saturated carbocycles. The van der Waals surface area contributed by atoms with Crippen LogP contribution in [0.3, 0.4) is 0 Å². The predicted octanol–water partition coefficient (Wildman–Crippen LogP) is 3.72. The zero-order chi connectivity index (χ0) is 19.4. The first-order valence-electron chi connectivity index (χ1n) is 8.67. The quantitative estimate of drug-likeness (QED) is 0.814. The number of carbonyl (C=O) groups excluding carboxylic acids is 1. The lowest BCUT2D eigenvalue weighted by Gasteiger charge is -2.34. The summed E-state index contributed by atoms with van der Waals surface area (Å²) in [7, 11) is 0. The van der Waals surface area contributed by atoms with Crippen molar-refractivity contribution in [2.75, 3.05) is 19.7 Å². The van der Waals surface area contributed by atoms with Crippen LogP contribution in [0.15, 0.2) is 36.4 Å². The molecule has 0 spiro atoms. The number of ether oxygens (including phenoxy) is 3. The molecule has 3 rings (SSSR count). The molecule has 0 unspecified atom stereocenters. The highest BCUT2D eigenvalue weighted by Gasteiger charge is 2.29. The van der Waals surface area contributed by atoms with Crippen LogP contribution in [-0.4, -0.2) is 46.5 Å². The first-order chi connectivity index (χ1) is 12.8. The summed E-state index contributed by atoms with van der Waals surface area (Å²) in [4.78, 5) is 13.9. The van der Waals surface area contributed by atoms with Gasteiger partial charge >= 0.3 is 6.09 Å². The summed E-state index contributed by atoms with van der Waals surface area (Å²) >= 11 is 0. The van der Waals surface area contributed by atoms with Crippen LogP contribution >= 0.6 is 0 Å². The second-order valence-corrected chi connectivity index (χ2v) is 7.15. The maximum absolute atomic E-state index is 12.8. The molecule has 1 atom stereocenters. The van der Waals surface area contributed by atoms with E-state index in [4.69, 9.17) is 14.2 Å².